The van der Waals surface area contributed by atoms with Gasteiger partial charge in [0.25, 0.3) is 0 Å². The van der Waals surface area contributed by atoms with Gasteiger partial charge in [0, 0.05) is 17.1 Å². The average Bonchev–Trinajstić information content (AvgIpc) is 2.96. The summed E-state index contributed by atoms with van der Waals surface area (Å²) in [6.07, 6.45) is 1.67. The first-order valence-electron chi connectivity index (χ1n) is 8.00. The molecule has 0 spiro atoms. The van der Waals surface area contributed by atoms with E-state index in [1.54, 1.807) is 10.8 Å². The molecule has 4 heteroatoms. The fourth-order valence-electron chi connectivity index (χ4n) is 2.38. The number of aryl methyl sites for hydroxylation is 1. The first kappa shape index (κ1) is 16.1. The van der Waals surface area contributed by atoms with Gasteiger partial charge in [-0.2, -0.15) is 0 Å². The minimum atomic E-state index is -0.452. The van der Waals surface area contributed by atoms with Crippen molar-refractivity contribution in [2.24, 2.45) is 5.41 Å². The number of hydrogen-bond donors (Lipinski definition) is 0. The lowest BCUT2D eigenvalue weighted by molar-refractivity contribution is -0.121. The van der Waals surface area contributed by atoms with Crippen molar-refractivity contribution in [3.63, 3.8) is 0 Å². The summed E-state index contributed by atoms with van der Waals surface area (Å²) >= 11 is 0. The summed E-state index contributed by atoms with van der Waals surface area (Å²) < 4.78 is 1.74. The number of rotatable bonds is 3. The van der Waals surface area contributed by atoms with Crippen LogP contribution in [0.1, 0.15) is 31.9 Å². The standard InChI is InChI=1S/C20H21N3O/c1-14-9-11-15(12-10-14)18(13-19(24)20(2,3)4)23-17-8-6-5-7-16(17)21-22-23/h5-13H,1-4H3. The first-order chi connectivity index (χ1) is 11.4. The molecule has 0 saturated heterocycles. The third-order valence-corrected chi connectivity index (χ3v) is 3.93. The third kappa shape index (κ3) is 3.13. The highest BCUT2D eigenvalue weighted by atomic mass is 16.1. The number of allylic oxidation sites excluding steroid dienone is 1. The molecule has 2 aromatic carbocycles. The van der Waals surface area contributed by atoms with E-state index in [0.29, 0.717) is 0 Å². The number of para-hydroxylation sites is 1. The molecule has 3 aromatic rings. The summed E-state index contributed by atoms with van der Waals surface area (Å²) in [5, 5.41) is 8.49. The van der Waals surface area contributed by atoms with Crippen LogP contribution in [0.2, 0.25) is 0 Å². The molecule has 3 rings (SSSR count). The number of carbonyl (C=O) groups is 1. The van der Waals surface area contributed by atoms with Gasteiger partial charge >= 0.3 is 0 Å². The topological polar surface area (TPSA) is 47.8 Å². The van der Waals surface area contributed by atoms with E-state index < -0.39 is 5.41 Å². The fraction of sp³-hybridized carbons (Fsp3) is 0.250. The Labute approximate surface area is 141 Å². The van der Waals surface area contributed by atoms with Crippen LogP contribution in [0.3, 0.4) is 0 Å². The fourth-order valence-corrected chi connectivity index (χ4v) is 2.38. The summed E-state index contributed by atoms with van der Waals surface area (Å²) in [5.74, 6) is 0.0534. The molecule has 1 heterocycles. The van der Waals surface area contributed by atoms with Crippen LogP contribution in [0.25, 0.3) is 16.7 Å². The summed E-state index contributed by atoms with van der Waals surface area (Å²) in [4.78, 5) is 12.6. The summed E-state index contributed by atoms with van der Waals surface area (Å²) in [5.41, 5.74) is 4.08. The number of carbonyl (C=O) groups excluding carboxylic acids is 1. The smallest absolute Gasteiger partial charge is 0.163 e. The number of hydrogen-bond acceptors (Lipinski definition) is 3. The maximum Gasteiger partial charge on any atom is 0.163 e. The van der Waals surface area contributed by atoms with E-state index in [2.05, 4.69) is 10.3 Å². The van der Waals surface area contributed by atoms with E-state index in [9.17, 15) is 4.79 Å². The Morgan fingerprint density at radius 2 is 1.71 bits per heavy atom. The molecule has 0 radical (unpaired) electrons. The number of fused-ring (bicyclic) bond motifs is 1. The van der Waals surface area contributed by atoms with Crippen molar-refractivity contribution in [3.8, 4) is 0 Å². The largest absolute Gasteiger partial charge is 0.294 e. The number of aromatic nitrogens is 3. The Bertz CT molecular complexity index is 912. The van der Waals surface area contributed by atoms with Crippen molar-refractivity contribution in [2.45, 2.75) is 27.7 Å². The molecular weight excluding hydrogens is 298 g/mol. The van der Waals surface area contributed by atoms with Gasteiger partial charge in [0.15, 0.2) is 5.78 Å². The SMILES string of the molecule is Cc1ccc(C(=CC(=O)C(C)(C)C)n2nnc3ccccc32)cc1. The average molecular weight is 319 g/mol. The van der Waals surface area contributed by atoms with Crippen LogP contribution < -0.4 is 0 Å². The van der Waals surface area contributed by atoms with Crippen molar-refractivity contribution < 1.29 is 4.79 Å². The molecule has 0 fully saturated rings. The molecule has 0 aliphatic carbocycles. The van der Waals surface area contributed by atoms with Gasteiger partial charge in [-0.3, -0.25) is 4.79 Å². The summed E-state index contributed by atoms with van der Waals surface area (Å²) in [6.45, 7) is 7.78. The van der Waals surface area contributed by atoms with Crippen molar-refractivity contribution in [1.29, 1.82) is 0 Å². The first-order valence-corrected chi connectivity index (χ1v) is 8.00. The van der Waals surface area contributed by atoms with Crippen LogP contribution in [0.5, 0.6) is 0 Å². The highest BCUT2D eigenvalue weighted by Crippen LogP contribution is 2.24. The van der Waals surface area contributed by atoms with Crippen LogP contribution in [0.15, 0.2) is 54.6 Å². The molecule has 0 aliphatic rings. The second kappa shape index (κ2) is 6.04. The van der Waals surface area contributed by atoms with Gasteiger partial charge in [-0.1, -0.05) is 67.9 Å². The highest BCUT2D eigenvalue weighted by molar-refractivity contribution is 6.00. The molecular formula is C20H21N3O. The molecule has 0 aliphatic heterocycles. The zero-order chi connectivity index (χ0) is 17.3. The van der Waals surface area contributed by atoms with Gasteiger partial charge in [0.05, 0.1) is 11.2 Å². The second-order valence-electron chi connectivity index (χ2n) is 7.00. The molecule has 0 atom stereocenters. The van der Waals surface area contributed by atoms with Crippen LogP contribution in [0.4, 0.5) is 0 Å². The van der Waals surface area contributed by atoms with Crippen molar-refractivity contribution in [1.82, 2.24) is 15.0 Å². The maximum atomic E-state index is 12.6. The predicted molar refractivity (Wildman–Crippen MR) is 96.5 cm³/mol. The Hall–Kier alpha value is -2.75. The molecule has 1 aromatic heterocycles. The van der Waals surface area contributed by atoms with Gasteiger partial charge in [-0.25, -0.2) is 4.68 Å². The minimum absolute atomic E-state index is 0.0534. The number of nitrogens with zero attached hydrogens (tertiary/aromatic N) is 3. The van der Waals surface area contributed by atoms with Gasteiger partial charge < -0.3 is 0 Å². The van der Waals surface area contributed by atoms with E-state index in [-0.39, 0.29) is 5.78 Å². The van der Waals surface area contributed by atoms with Gasteiger partial charge in [0.2, 0.25) is 0 Å². The quantitative estimate of drug-likeness (QED) is 0.678. The predicted octanol–water partition coefficient (Wildman–Crippen LogP) is 4.24. The molecule has 0 unspecified atom stereocenters. The normalized spacial score (nSPS) is 12.6. The van der Waals surface area contributed by atoms with Crippen molar-refractivity contribution >= 4 is 22.5 Å². The molecule has 0 N–H and O–H groups in total. The van der Waals surface area contributed by atoms with Gasteiger partial charge in [0.1, 0.15) is 5.52 Å². The van der Waals surface area contributed by atoms with E-state index in [4.69, 9.17) is 0 Å². The zero-order valence-corrected chi connectivity index (χ0v) is 14.4. The van der Waals surface area contributed by atoms with E-state index >= 15 is 0 Å². The lowest BCUT2D eigenvalue weighted by atomic mass is 9.89. The molecule has 0 saturated carbocycles. The number of benzene rings is 2. The van der Waals surface area contributed by atoms with E-state index in [0.717, 1.165) is 22.3 Å². The zero-order valence-electron chi connectivity index (χ0n) is 14.4. The molecule has 24 heavy (non-hydrogen) atoms. The summed E-state index contributed by atoms with van der Waals surface area (Å²) in [6, 6.07) is 15.8. The Kier molecular flexibility index (Phi) is 4.06. The van der Waals surface area contributed by atoms with Crippen molar-refractivity contribution in [3.05, 3.63) is 65.7 Å². The van der Waals surface area contributed by atoms with Crippen LogP contribution >= 0.6 is 0 Å². The lowest BCUT2D eigenvalue weighted by Crippen LogP contribution is -2.19. The van der Waals surface area contributed by atoms with Gasteiger partial charge in [-0.15, -0.1) is 5.10 Å². The minimum Gasteiger partial charge on any atom is -0.294 e. The van der Waals surface area contributed by atoms with Crippen LogP contribution in [-0.4, -0.2) is 20.8 Å². The van der Waals surface area contributed by atoms with Crippen LogP contribution in [0, 0.1) is 12.3 Å². The van der Waals surface area contributed by atoms with Crippen molar-refractivity contribution in [2.75, 3.05) is 0 Å². The number of ketones is 1. The second-order valence-corrected chi connectivity index (χ2v) is 7.00. The Balaban J connectivity index is 2.20. The van der Waals surface area contributed by atoms with E-state index in [1.165, 1.54) is 5.56 Å². The van der Waals surface area contributed by atoms with E-state index in [1.807, 2.05) is 76.2 Å². The Morgan fingerprint density at radius 3 is 2.38 bits per heavy atom. The monoisotopic (exact) mass is 319 g/mol. The van der Waals surface area contributed by atoms with Crippen LogP contribution in [-0.2, 0) is 4.79 Å². The Morgan fingerprint density at radius 1 is 1.04 bits per heavy atom. The highest BCUT2D eigenvalue weighted by Gasteiger charge is 2.21. The molecule has 0 amide bonds. The lowest BCUT2D eigenvalue weighted by Gasteiger charge is -2.16. The third-order valence-electron chi connectivity index (χ3n) is 3.93. The summed E-state index contributed by atoms with van der Waals surface area (Å²) in [7, 11) is 0. The van der Waals surface area contributed by atoms with Gasteiger partial charge in [-0.05, 0) is 19.1 Å². The molecule has 4 nitrogen and oxygen atoms in total. The maximum absolute atomic E-state index is 12.6. The molecule has 122 valence electrons. The molecule has 0 bridgehead atoms.